The lowest BCUT2D eigenvalue weighted by Gasteiger charge is -2.32. The maximum atomic E-state index is 11.9. The molecule has 1 aliphatic heterocycles. The Morgan fingerprint density at radius 3 is 2.72 bits per heavy atom. The van der Waals surface area contributed by atoms with Crippen molar-refractivity contribution >= 4 is 5.91 Å². The Balaban J connectivity index is 2.05. The highest BCUT2D eigenvalue weighted by Crippen LogP contribution is 2.26. The van der Waals surface area contributed by atoms with Gasteiger partial charge in [-0.15, -0.1) is 0 Å². The molecule has 0 radical (unpaired) electrons. The normalized spacial score (nSPS) is 17.0. The Morgan fingerprint density at radius 1 is 1.32 bits per heavy atom. The van der Waals surface area contributed by atoms with Gasteiger partial charge in [0, 0.05) is 38.8 Å². The molecule has 0 aromatic heterocycles. The third-order valence-electron chi connectivity index (χ3n) is 4.20. The van der Waals surface area contributed by atoms with Crippen LogP contribution in [0.15, 0.2) is 18.2 Å². The van der Waals surface area contributed by atoms with E-state index in [-0.39, 0.29) is 12.5 Å². The van der Waals surface area contributed by atoms with Crippen molar-refractivity contribution in [2.75, 3.05) is 61.0 Å². The summed E-state index contributed by atoms with van der Waals surface area (Å²) in [6.07, 6.45) is -0.560. The maximum Gasteiger partial charge on any atom is 0.236 e. The minimum Gasteiger partial charge on any atom is -0.497 e. The van der Waals surface area contributed by atoms with Crippen molar-refractivity contribution in [2.24, 2.45) is 0 Å². The van der Waals surface area contributed by atoms with Gasteiger partial charge in [-0.1, -0.05) is 0 Å². The molecular formula is C18H29N3O4. The number of likely N-dealkylation sites (N-methyl/N-ethyl adjacent to an activating group) is 2. The van der Waals surface area contributed by atoms with Gasteiger partial charge in [-0.25, -0.2) is 0 Å². The van der Waals surface area contributed by atoms with Crippen LogP contribution in [0.25, 0.3) is 0 Å². The number of hydrogen-bond donors (Lipinski definition) is 1. The van der Waals surface area contributed by atoms with Crippen LogP contribution in [-0.2, 0) is 11.3 Å². The first-order chi connectivity index (χ1) is 11.9. The quantitative estimate of drug-likeness (QED) is 0.725. The number of ether oxygens (including phenoxy) is 2. The van der Waals surface area contributed by atoms with Gasteiger partial charge in [0.1, 0.15) is 24.2 Å². The van der Waals surface area contributed by atoms with Crippen LogP contribution in [0.3, 0.4) is 0 Å². The molecule has 1 amide bonds. The topological polar surface area (TPSA) is 65.5 Å². The predicted octanol–water partition coefficient (Wildman–Crippen LogP) is 0.271. The largest absolute Gasteiger partial charge is 0.497 e. The van der Waals surface area contributed by atoms with E-state index >= 15 is 0 Å². The van der Waals surface area contributed by atoms with Crippen molar-refractivity contribution in [1.82, 2.24) is 14.7 Å². The van der Waals surface area contributed by atoms with Gasteiger partial charge < -0.3 is 24.4 Å². The molecule has 7 nitrogen and oxygen atoms in total. The number of nitrogens with zero attached hydrogens (tertiary/aromatic N) is 3. The molecule has 0 aliphatic carbocycles. The first kappa shape index (κ1) is 19.5. The molecule has 1 aromatic rings. The molecule has 0 saturated carbocycles. The molecule has 25 heavy (non-hydrogen) atoms. The van der Waals surface area contributed by atoms with Crippen LogP contribution in [0.1, 0.15) is 5.56 Å². The third kappa shape index (κ3) is 5.88. The van der Waals surface area contributed by atoms with Crippen LogP contribution < -0.4 is 9.47 Å². The van der Waals surface area contributed by atoms with E-state index in [0.717, 1.165) is 24.4 Å². The number of aliphatic hydroxyl groups excluding tert-OH is 1. The average Bonchev–Trinajstić information content (AvgIpc) is 2.56. The van der Waals surface area contributed by atoms with E-state index in [1.165, 1.54) is 0 Å². The number of amides is 1. The summed E-state index contributed by atoms with van der Waals surface area (Å²) in [5.74, 6) is 1.58. The van der Waals surface area contributed by atoms with E-state index in [0.29, 0.717) is 25.4 Å². The Bertz CT molecular complexity index is 579. The van der Waals surface area contributed by atoms with Gasteiger partial charge in [-0.05, 0) is 32.3 Å². The highest BCUT2D eigenvalue weighted by atomic mass is 16.5. The Labute approximate surface area is 149 Å². The lowest BCUT2D eigenvalue weighted by molar-refractivity contribution is -0.134. The first-order valence-corrected chi connectivity index (χ1v) is 8.48. The summed E-state index contributed by atoms with van der Waals surface area (Å²) >= 11 is 0. The average molecular weight is 351 g/mol. The van der Waals surface area contributed by atoms with Gasteiger partial charge >= 0.3 is 0 Å². The fourth-order valence-electron chi connectivity index (χ4n) is 2.79. The Morgan fingerprint density at radius 2 is 2.08 bits per heavy atom. The second-order valence-electron chi connectivity index (χ2n) is 6.73. The van der Waals surface area contributed by atoms with Gasteiger partial charge in [-0.3, -0.25) is 9.69 Å². The van der Waals surface area contributed by atoms with Crippen LogP contribution >= 0.6 is 0 Å². The number of benzene rings is 1. The molecule has 2 rings (SSSR count). The van der Waals surface area contributed by atoms with E-state index < -0.39 is 6.10 Å². The molecule has 140 valence electrons. The summed E-state index contributed by atoms with van der Waals surface area (Å²) in [6.45, 7) is 3.31. The van der Waals surface area contributed by atoms with Crippen molar-refractivity contribution in [1.29, 1.82) is 0 Å². The van der Waals surface area contributed by atoms with E-state index in [2.05, 4.69) is 4.90 Å². The minimum atomic E-state index is -0.560. The summed E-state index contributed by atoms with van der Waals surface area (Å²) in [7, 11) is 7.27. The highest BCUT2D eigenvalue weighted by molar-refractivity contribution is 5.78. The van der Waals surface area contributed by atoms with Crippen molar-refractivity contribution in [3.05, 3.63) is 23.8 Å². The fourth-order valence-corrected chi connectivity index (χ4v) is 2.79. The summed E-state index contributed by atoms with van der Waals surface area (Å²) in [4.78, 5) is 17.7. The fraction of sp³-hybridized carbons (Fsp3) is 0.611. The number of carbonyl (C=O) groups is 1. The van der Waals surface area contributed by atoms with E-state index in [1.807, 2.05) is 44.2 Å². The molecule has 7 heteroatoms. The third-order valence-corrected chi connectivity index (χ3v) is 4.20. The molecule has 1 aromatic carbocycles. The molecular weight excluding hydrogens is 322 g/mol. The molecule has 0 bridgehead atoms. The first-order valence-electron chi connectivity index (χ1n) is 8.48. The van der Waals surface area contributed by atoms with Crippen LogP contribution in [0, 0.1) is 0 Å². The maximum absolute atomic E-state index is 11.9. The monoisotopic (exact) mass is 351 g/mol. The summed E-state index contributed by atoms with van der Waals surface area (Å²) < 4.78 is 11.1. The summed E-state index contributed by atoms with van der Waals surface area (Å²) in [5, 5.41) is 10.0. The van der Waals surface area contributed by atoms with E-state index in [4.69, 9.17) is 9.47 Å². The number of piperazine rings is 1. The van der Waals surface area contributed by atoms with Gasteiger partial charge in [0.05, 0.1) is 13.7 Å². The molecule has 1 N–H and O–H groups in total. The van der Waals surface area contributed by atoms with Crippen molar-refractivity contribution in [2.45, 2.75) is 12.6 Å². The zero-order valence-electron chi connectivity index (χ0n) is 15.6. The number of rotatable bonds is 8. The van der Waals surface area contributed by atoms with Crippen molar-refractivity contribution < 1.29 is 19.4 Å². The molecule has 1 saturated heterocycles. The van der Waals surface area contributed by atoms with E-state index in [9.17, 15) is 9.90 Å². The second-order valence-corrected chi connectivity index (χ2v) is 6.73. The number of aliphatic hydroxyl groups is 1. The zero-order chi connectivity index (χ0) is 18.4. The summed E-state index contributed by atoms with van der Waals surface area (Å²) in [6, 6.07) is 5.62. The Kier molecular flexibility index (Phi) is 7.04. The molecule has 1 unspecified atom stereocenters. The molecule has 1 heterocycles. The number of hydrogen-bond acceptors (Lipinski definition) is 6. The number of carbonyl (C=O) groups excluding carboxylic acids is 1. The summed E-state index contributed by atoms with van der Waals surface area (Å²) in [5.41, 5.74) is 0.953. The van der Waals surface area contributed by atoms with Crippen LogP contribution in [-0.4, -0.2) is 92.9 Å². The van der Waals surface area contributed by atoms with Crippen molar-refractivity contribution in [3.8, 4) is 11.5 Å². The molecule has 0 spiro atoms. The Hall–Kier alpha value is -1.83. The standard InChI is InChI=1S/C18H29N3O4/c1-19(2)11-15(22)13-25-17-6-5-16(24-4)9-14(17)10-21-8-7-20(3)18(23)12-21/h5-6,9,15,22H,7-8,10-13H2,1-4H3. The molecule has 1 atom stereocenters. The van der Waals surface area contributed by atoms with Gasteiger partial charge in [0.25, 0.3) is 0 Å². The highest BCUT2D eigenvalue weighted by Gasteiger charge is 2.22. The number of methoxy groups -OCH3 is 1. The smallest absolute Gasteiger partial charge is 0.236 e. The second kappa shape index (κ2) is 9.03. The van der Waals surface area contributed by atoms with Crippen LogP contribution in [0.2, 0.25) is 0 Å². The van der Waals surface area contributed by atoms with Crippen LogP contribution in [0.4, 0.5) is 0 Å². The van der Waals surface area contributed by atoms with Gasteiger partial charge in [0.2, 0.25) is 5.91 Å². The van der Waals surface area contributed by atoms with Gasteiger partial charge in [0.15, 0.2) is 0 Å². The lowest BCUT2D eigenvalue weighted by atomic mass is 10.1. The predicted molar refractivity (Wildman–Crippen MR) is 96.0 cm³/mol. The minimum absolute atomic E-state index is 0.123. The molecule has 1 aliphatic rings. The lowest BCUT2D eigenvalue weighted by Crippen LogP contribution is -2.48. The van der Waals surface area contributed by atoms with Gasteiger partial charge in [-0.2, -0.15) is 0 Å². The van der Waals surface area contributed by atoms with E-state index in [1.54, 1.807) is 12.0 Å². The SMILES string of the molecule is COc1ccc(OCC(O)CN(C)C)c(CN2CCN(C)C(=O)C2)c1. The van der Waals surface area contributed by atoms with Crippen molar-refractivity contribution in [3.63, 3.8) is 0 Å². The van der Waals surface area contributed by atoms with Crippen LogP contribution in [0.5, 0.6) is 11.5 Å². The molecule has 1 fully saturated rings. The zero-order valence-corrected chi connectivity index (χ0v) is 15.6.